The van der Waals surface area contributed by atoms with Gasteiger partial charge in [-0.25, -0.2) is 4.39 Å². The monoisotopic (exact) mass is 342 g/mol. The topological polar surface area (TPSA) is 55.1 Å². The van der Waals surface area contributed by atoms with Crippen LogP contribution in [-0.4, -0.2) is 18.0 Å². The van der Waals surface area contributed by atoms with Crippen molar-refractivity contribution in [3.63, 3.8) is 0 Å². The highest BCUT2D eigenvalue weighted by Crippen LogP contribution is 2.32. The zero-order valence-corrected chi connectivity index (χ0v) is 14.4. The molecular weight excluding hydrogens is 323 g/mol. The molecule has 120 valence electrons. The molecule has 2 aromatic rings. The summed E-state index contributed by atoms with van der Waals surface area (Å²) in [7, 11) is 0. The molecule has 22 heavy (non-hydrogen) atoms. The number of thiophene rings is 1. The molecule has 0 bridgehead atoms. The fraction of sp³-hybridized carbons (Fsp3) is 0.312. The minimum atomic E-state index is -0.439. The first kappa shape index (κ1) is 18.6. The summed E-state index contributed by atoms with van der Waals surface area (Å²) in [6, 6.07) is 8.14. The Bertz CT molecular complexity index is 653. The molecule has 6 heteroatoms. The molecule has 1 aromatic carbocycles. The largest absolute Gasteiger partial charge is 0.345 e. The van der Waals surface area contributed by atoms with Gasteiger partial charge < -0.3 is 11.1 Å². The molecule has 0 aliphatic heterocycles. The zero-order chi connectivity index (χ0) is 15.6. The first-order chi connectivity index (χ1) is 9.82. The number of nitrogens with one attached hydrogen (secondary N) is 1. The second-order valence-electron chi connectivity index (χ2n) is 5.67. The fourth-order valence-electron chi connectivity index (χ4n) is 1.90. The second-order valence-corrected chi connectivity index (χ2v) is 6.72. The lowest BCUT2D eigenvalue weighted by Gasteiger charge is -2.23. The third-order valence-corrected chi connectivity index (χ3v) is 4.50. The molecule has 0 aliphatic carbocycles. The van der Waals surface area contributed by atoms with E-state index in [1.165, 1.54) is 23.5 Å². The highest BCUT2D eigenvalue weighted by Gasteiger charge is 2.21. The summed E-state index contributed by atoms with van der Waals surface area (Å²) in [6.07, 6.45) is 0. The number of nitrogens with two attached hydrogens (primary N) is 1. The maximum absolute atomic E-state index is 13.0. The Hall–Kier alpha value is -1.43. The summed E-state index contributed by atoms with van der Waals surface area (Å²) in [4.78, 5) is 13.9. The molecule has 1 aromatic heterocycles. The van der Waals surface area contributed by atoms with Crippen molar-refractivity contribution in [1.29, 1.82) is 0 Å². The summed E-state index contributed by atoms with van der Waals surface area (Å²) in [5.74, 6) is -0.400. The first-order valence-electron chi connectivity index (χ1n) is 6.71. The molecule has 3 N–H and O–H groups in total. The summed E-state index contributed by atoms with van der Waals surface area (Å²) in [6.45, 7) is 6.08. The quantitative estimate of drug-likeness (QED) is 0.889. The first-order valence-corrected chi connectivity index (χ1v) is 7.53. The molecular formula is C16H20ClFN2OS. The standard InChI is InChI=1S/C16H19FN2OS.ClH/c1-10-8-13(15(20)19-16(2,3)9-18)21-14(10)11-4-6-12(17)7-5-11;/h4-8H,9,18H2,1-3H3,(H,19,20);1H. The van der Waals surface area contributed by atoms with Crippen LogP contribution in [0.2, 0.25) is 0 Å². The van der Waals surface area contributed by atoms with Gasteiger partial charge in [0, 0.05) is 17.0 Å². The van der Waals surface area contributed by atoms with Gasteiger partial charge in [-0.3, -0.25) is 4.79 Å². The van der Waals surface area contributed by atoms with Crippen LogP contribution in [0.4, 0.5) is 4.39 Å². The molecule has 3 nitrogen and oxygen atoms in total. The SMILES string of the molecule is Cc1cc(C(=O)NC(C)(C)CN)sc1-c1ccc(F)cc1.Cl. The van der Waals surface area contributed by atoms with Crippen molar-refractivity contribution < 1.29 is 9.18 Å². The third kappa shape index (κ3) is 4.29. The Morgan fingerprint density at radius 2 is 1.91 bits per heavy atom. The maximum Gasteiger partial charge on any atom is 0.261 e. The molecule has 0 saturated heterocycles. The van der Waals surface area contributed by atoms with E-state index in [1.807, 2.05) is 26.8 Å². The number of carbonyl (C=O) groups excluding carboxylic acids is 1. The molecule has 0 fully saturated rings. The number of aryl methyl sites for hydroxylation is 1. The molecule has 0 saturated carbocycles. The van der Waals surface area contributed by atoms with Crippen molar-refractivity contribution in [3.05, 3.63) is 46.6 Å². The molecule has 0 atom stereocenters. The van der Waals surface area contributed by atoms with Crippen molar-refractivity contribution in [2.24, 2.45) is 5.73 Å². The average molecular weight is 343 g/mol. The number of amides is 1. The Morgan fingerprint density at radius 1 is 1.32 bits per heavy atom. The summed E-state index contributed by atoms with van der Waals surface area (Å²) in [5.41, 5.74) is 7.10. The van der Waals surface area contributed by atoms with E-state index in [0.717, 1.165) is 16.0 Å². The van der Waals surface area contributed by atoms with E-state index >= 15 is 0 Å². The van der Waals surface area contributed by atoms with Crippen LogP contribution in [0.25, 0.3) is 10.4 Å². The molecule has 0 aliphatic rings. The predicted octanol–water partition coefficient (Wildman–Crippen LogP) is 3.75. The van der Waals surface area contributed by atoms with Crippen LogP contribution in [0, 0.1) is 12.7 Å². The molecule has 1 heterocycles. The van der Waals surface area contributed by atoms with Gasteiger partial charge >= 0.3 is 0 Å². The van der Waals surface area contributed by atoms with Crippen LogP contribution in [0.5, 0.6) is 0 Å². The number of hydrogen-bond donors (Lipinski definition) is 2. The average Bonchev–Trinajstić information content (AvgIpc) is 2.81. The number of halogens is 2. The van der Waals surface area contributed by atoms with Crippen molar-refractivity contribution in [2.75, 3.05) is 6.54 Å². The number of carbonyl (C=O) groups is 1. The van der Waals surface area contributed by atoms with E-state index in [9.17, 15) is 9.18 Å². The Labute approximate surface area is 140 Å². The second kappa shape index (κ2) is 7.22. The number of benzene rings is 1. The van der Waals surface area contributed by atoms with Crippen molar-refractivity contribution in [1.82, 2.24) is 5.32 Å². The predicted molar refractivity (Wildman–Crippen MR) is 92.3 cm³/mol. The minimum Gasteiger partial charge on any atom is -0.345 e. The van der Waals surface area contributed by atoms with Gasteiger partial charge in [0.2, 0.25) is 0 Å². The molecule has 0 radical (unpaired) electrons. The molecule has 0 unspecified atom stereocenters. The summed E-state index contributed by atoms with van der Waals surface area (Å²) >= 11 is 1.40. The van der Waals surface area contributed by atoms with Gasteiger partial charge in [0.15, 0.2) is 0 Å². The molecule has 0 spiro atoms. The lowest BCUT2D eigenvalue weighted by molar-refractivity contribution is 0.0920. The van der Waals surface area contributed by atoms with Crippen molar-refractivity contribution >= 4 is 29.7 Å². The summed E-state index contributed by atoms with van der Waals surface area (Å²) < 4.78 is 13.0. The van der Waals surface area contributed by atoms with Crippen LogP contribution in [-0.2, 0) is 0 Å². The number of hydrogen-bond acceptors (Lipinski definition) is 3. The van der Waals surface area contributed by atoms with Crippen LogP contribution in [0.3, 0.4) is 0 Å². The van der Waals surface area contributed by atoms with Crippen LogP contribution >= 0.6 is 23.7 Å². The van der Waals surface area contributed by atoms with Crippen LogP contribution in [0.1, 0.15) is 29.1 Å². The number of rotatable bonds is 4. The van der Waals surface area contributed by atoms with Gasteiger partial charge in [-0.1, -0.05) is 12.1 Å². The third-order valence-electron chi connectivity index (χ3n) is 3.21. The maximum atomic E-state index is 13.0. The van der Waals surface area contributed by atoms with Gasteiger partial charge in [0.05, 0.1) is 4.88 Å². The lowest BCUT2D eigenvalue weighted by Crippen LogP contribution is -2.48. The van der Waals surface area contributed by atoms with Gasteiger partial charge in [-0.05, 0) is 50.1 Å². The smallest absolute Gasteiger partial charge is 0.261 e. The van der Waals surface area contributed by atoms with Gasteiger partial charge in [-0.15, -0.1) is 23.7 Å². The summed E-state index contributed by atoms with van der Waals surface area (Å²) in [5, 5.41) is 2.91. The minimum absolute atomic E-state index is 0. The van der Waals surface area contributed by atoms with E-state index in [4.69, 9.17) is 5.73 Å². The van der Waals surface area contributed by atoms with E-state index in [2.05, 4.69) is 5.32 Å². The Balaban J connectivity index is 0.00000242. The fourth-order valence-corrected chi connectivity index (χ4v) is 2.98. The highest BCUT2D eigenvalue weighted by atomic mass is 35.5. The van der Waals surface area contributed by atoms with E-state index in [-0.39, 0.29) is 24.1 Å². The van der Waals surface area contributed by atoms with Gasteiger partial charge in [0.1, 0.15) is 5.82 Å². The van der Waals surface area contributed by atoms with E-state index in [1.54, 1.807) is 12.1 Å². The van der Waals surface area contributed by atoms with E-state index < -0.39 is 5.54 Å². The molecule has 1 amide bonds. The normalized spacial score (nSPS) is 11.0. The Kier molecular flexibility index (Phi) is 6.11. The van der Waals surface area contributed by atoms with Crippen molar-refractivity contribution in [2.45, 2.75) is 26.3 Å². The highest BCUT2D eigenvalue weighted by molar-refractivity contribution is 7.17. The van der Waals surface area contributed by atoms with Crippen LogP contribution < -0.4 is 11.1 Å². The lowest BCUT2D eigenvalue weighted by atomic mass is 10.1. The zero-order valence-electron chi connectivity index (χ0n) is 12.8. The Morgan fingerprint density at radius 3 is 2.45 bits per heavy atom. The van der Waals surface area contributed by atoms with Gasteiger partial charge in [-0.2, -0.15) is 0 Å². The molecule has 2 rings (SSSR count). The van der Waals surface area contributed by atoms with E-state index in [0.29, 0.717) is 11.4 Å². The van der Waals surface area contributed by atoms with Crippen molar-refractivity contribution in [3.8, 4) is 10.4 Å². The van der Waals surface area contributed by atoms with Gasteiger partial charge in [0.25, 0.3) is 5.91 Å². The van der Waals surface area contributed by atoms with Crippen LogP contribution in [0.15, 0.2) is 30.3 Å².